The van der Waals surface area contributed by atoms with Gasteiger partial charge >= 0.3 is 11.6 Å². The van der Waals surface area contributed by atoms with Crippen LogP contribution in [0.15, 0.2) is 39.8 Å². The number of nitrogens with zero attached hydrogens (tertiary/aromatic N) is 1. The lowest BCUT2D eigenvalue weighted by Crippen LogP contribution is -2.61. The Morgan fingerprint density at radius 2 is 2.09 bits per heavy atom. The molecule has 7 nitrogen and oxygen atoms in total. The molecule has 2 aromatic heterocycles. The van der Waals surface area contributed by atoms with Gasteiger partial charge < -0.3 is 19.0 Å². The zero-order valence-corrected chi connectivity index (χ0v) is 19.0. The van der Waals surface area contributed by atoms with Crippen molar-refractivity contribution >= 4 is 5.97 Å². The topological polar surface area (TPSA) is 98.9 Å². The van der Waals surface area contributed by atoms with Gasteiger partial charge in [0.1, 0.15) is 28.8 Å². The first-order valence-electron chi connectivity index (χ1n) is 11.4. The Bertz CT molecular complexity index is 1030. The summed E-state index contributed by atoms with van der Waals surface area (Å²) >= 11 is 0. The van der Waals surface area contributed by atoms with E-state index < -0.39 is 29.4 Å². The Morgan fingerprint density at radius 1 is 1.34 bits per heavy atom. The minimum absolute atomic E-state index is 0.131. The third kappa shape index (κ3) is 3.83. The van der Waals surface area contributed by atoms with Gasteiger partial charge in [0.05, 0.1) is 6.10 Å². The molecule has 0 saturated heterocycles. The van der Waals surface area contributed by atoms with E-state index in [-0.39, 0.29) is 23.2 Å². The number of hydrogen-bond acceptors (Lipinski definition) is 7. The van der Waals surface area contributed by atoms with Gasteiger partial charge in [-0.15, -0.1) is 0 Å². The molecule has 5 atom stereocenters. The SMILES string of the molecule is CCC(CC)[C@@H]1C[C@H](OC(C)=O)[C@@]2(C)Oc3cc(-c4cccnc4)oc(=O)c3[C@@H](O)[C@@H]2C1. The summed E-state index contributed by atoms with van der Waals surface area (Å²) in [7, 11) is 0. The van der Waals surface area contributed by atoms with Crippen LogP contribution in [-0.2, 0) is 9.53 Å². The lowest BCUT2D eigenvalue weighted by molar-refractivity contribution is -0.195. The van der Waals surface area contributed by atoms with Gasteiger partial charge in [0.25, 0.3) is 0 Å². The van der Waals surface area contributed by atoms with Crippen LogP contribution in [0.2, 0.25) is 0 Å². The zero-order chi connectivity index (χ0) is 23.0. The maximum absolute atomic E-state index is 12.9. The van der Waals surface area contributed by atoms with Crippen LogP contribution in [0.25, 0.3) is 11.3 Å². The van der Waals surface area contributed by atoms with Crippen molar-refractivity contribution in [3.05, 3.63) is 46.6 Å². The molecule has 1 fully saturated rings. The standard InChI is InChI=1S/C25H31NO6/c1-5-15(6-2)17-10-18-23(28)22-20(32-25(18,4)21(11-17)30-14(3)27)12-19(31-24(22)29)16-8-7-9-26-13-16/h7-9,12-13,15,17-18,21,23,28H,5-6,10-11H2,1-4H3/t17-,18-,21-,23-,25-/m0/s1. The fourth-order valence-electron chi connectivity index (χ4n) is 5.62. The molecule has 0 aromatic carbocycles. The summed E-state index contributed by atoms with van der Waals surface area (Å²) in [5.41, 5.74) is -0.816. The van der Waals surface area contributed by atoms with E-state index in [1.54, 1.807) is 30.6 Å². The molecule has 0 amide bonds. The molecular formula is C25H31NO6. The molecule has 4 rings (SSSR count). The highest BCUT2D eigenvalue weighted by Gasteiger charge is 2.58. The van der Waals surface area contributed by atoms with Gasteiger partial charge in [-0.2, -0.15) is 0 Å². The van der Waals surface area contributed by atoms with Gasteiger partial charge in [-0.25, -0.2) is 4.79 Å². The molecular weight excluding hydrogens is 410 g/mol. The van der Waals surface area contributed by atoms with Gasteiger partial charge in [0.2, 0.25) is 0 Å². The number of hydrogen-bond donors (Lipinski definition) is 1. The summed E-state index contributed by atoms with van der Waals surface area (Å²) < 4.78 is 17.7. The van der Waals surface area contributed by atoms with Crippen molar-refractivity contribution in [3.8, 4) is 17.1 Å². The number of carbonyl (C=O) groups is 1. The predicted octanol–water partition coefficient (Wildman–Crippen LogP) is 4.28. The third-order valence-corrected chi connectivity index (χ3v) is 7.38. The fraction of sp³-hybridized carbons (Fsp3) is 0.560. The van der Waals surface area contributed by atoms with Crippen molar-refractivity contribution < 1.29 is 23.8 Å². The lowest BCUT2D eigenvalue weighted by atomic mass is 9.62. The average Bonchev–Trinajstić information content (AvgIpc) is 2.76. The fourth-order valence-corrected chi connectivity index (χ4v) is 5.62. The summed E-state index contributed by atoms with van der Waals surface area (Å²) in [6, 6.07) is 5.15. The normalized spacial score (nSPS) is 29.1. The average molecular weight is 442 g/mol. The number of esters is 1. The summed E-state index contributed by atoms with van der Waals surface area (Å²) in [4.78, 5) is 28.9. The van der Waals surface area contributed by atoms with Crippen LogP contribution in [-0.4, -0.2) is 27.8 Å². The van der Waals surface area contributed by atoms with Crippen molar-refractivity contribution in [3.63, 3.8) is 0 Å². The maximum Gasteiger partial charge on any atom is 0.345 e. The predicted molar refractivity (Wildman–Crippen MR) is 118 cm³/mol. The molecule has 172 valence electrons. The van der Waals surface area contributed by atoms with Crippen molar-refractivity contribution in [1.29, 1.82) is 0 Å². The molecule has 0 radical (unpaired) electrons. The van der Waals surface area contributed by atoms with Crippen LogP contribution in [0.3, 0.4) is 0 Å². The second kappa shape index (κ2) is 8.70. The van der Waals surface area contributed by atoms with Crippen LogP contribution >= 0.6 is 0 Å². The van der Waals surface area contributed by atoms with Crippen LogP contribution in [0.5, 0.6) is 5.75 Å². The number of carbonyl (C=O) groups excluding carboxylic acids is 1. The first-order chi connectivity index (χ1) is 15.3. The monoisotopic (exact) mass is 441 g/mol. The Hall–Kier alpha value is -2.67. The molecule has 0 unspecified atom stereocenters. The summed E-state index contributed by atoms with van der Waals surface area (Å²) in [5, 5.41) is 11.4. The van der Waals surface area contributed by atoms with E-state index in [1.165, 1.54) is 6.92 Å². The number of aromatic nitrogens is 1. The third-order valence-electron chi connectivity index (χ3n) is 7.38. The van der Waals surface area contributed by atoms with E-state index in [0.717, 1.165) is 12.8 Å². The second-order valence-electron chi connectivity index (χ2n) is 9.16. The van der Waals surface area contributed by atoms with Crippen LogP contribution < -0.4 is 10.4 Å². The molecule has 7 heteroatoms. The Labute approximate surface area is 187 Å². The van der Waals surface area contributed by atoms with Crippen molar-refractivity contribution in [2.45, 2.75) is 71.2 Å². The molecule has 0 spiro atoms. The molecule has 1 N–H and O–H groups in total. The highest BCUT2D eigenvalue weighted by Crippen LogP contribution is 2.53. The molecule has 32 heavy (non-hydrogen) atoms. The molecule has 0 bridgehead atoms. The molecule has 1 aliphatic carbocycles. The van der Waals surface area contributed by atoms with Gasteiger partial charge in [-0.05, 0) is 43.7 Å². The second-order valence-corrected chi connectivity index (χ2v) is 9.16. The Morgan fingerprint density at radius 3 is 2.72 bits per heavy atom. The van der Waals surface area contributed by atoms with Gasteiger partial charge in [-0.3, -0.25) is 9.78 Å². The van der Waals surface area contributed by atoms with E-state index in [9.17, 15) is 14.7 Å². The lowest BCUT2D eigenvalue weighted by Gasteiger charge is -2.53. The van der Waals surface area contributed by atoms with Crippen LogP contribution in [0, 0.1) is 17.8 Å². The van der Waals surface area contributed by atoms with Crippen LogP contribution in [0.1, 0.15) is 65.0 Å². The van der Waals surface area contributed by atoms with E-state index >= 15 is 0 Å². The number of rotatable bonds is 5. The summed E-state index contributed by atoms with van der Waals surface area (Å²) in [6.07, 6.45) is 4.98. The Balaban J connectivity index is 1.79. The summed E-state index contributed by atoms with van der Waals surface area (Å²) in [5.74, 6) is 0.498. The van der Waals surface area contributed by atoms with Crippen LogP contribution in [0.4, 0.5) is 0 Å². The molecule has 2 aromatic rings. The molecule has 2 aliphatic rings. The number of ether oxygens (including phenoxy) is 2. The van der Waals surface area contributed by atoms with Crippen molar-refractivity contribution in [1.82, 2.24) is 4.98 Å². The Kier molecular flexibility index (Phi) is 6.12. The number of fused-ring (bicyclic) bond motifs is 2. The van der Waals surface area contributed by atoms with Gasteiger partial charge in [0, 0.05) is 36.9 Å². The van der Waals surface area contributed by atoms with Gasteiger partial charge in [0.15, 0.2) is 0 Å². The van der Waals surface area contributed by atoms with E-state index in [2.05, 4.69) is 18.8 Å². The quantitative estimate of drug-likeness (QED) is 0.692. The molecule has 3 heterocycles. The highest BCUT2D eigenvalue weighted by atomic mass is 16.6. The van der Waals surface area contributed by atoms with E-state index in [1.807, 2.05) is 6.92 Å². The number of pyridine rings is 1. The zero-order valence-electron chi connectivity index (χ0n) is 19.0. The van der Waals surface area contributed by atoms with Crippen molar-refractivity contribution in [2.75, 3.05) is 0 Å². The highest BCUT2D eigenvalue weighted by molar-refractivity contribution is 5.66. The van der Waals surface area contributed by atoms with Crippen molar-refractivity contribution in [2.24, 2.45) is 17.8 Å². The first kappa shape index (κ1) is 22.5. The van der Waals surface area contributed by atoms with E-state index in [0.29, 0.717) is 30.1 Å². The number of aliphatic hydroxyl groups is 1. The van der Waals surface area contributed by atoms with E-state index in [4.69, 9.17) is 13.9 Å². The minimum Gasteiger partial charge on any atom is -0.482 e. The first-order valence-corrected chi connectivity index (χ1v) is 11.4. The summed E-state index contributed by atoms with van der Waals surface area (Å²) in [6.45, 7) is 7.57. The van der Waals surface area contributed by atoms with Gasteiger partial charge in [-0.1, -0.05) is 26.7 Å². The number of aliphatic hydroxyl groups excluding tert-OH is 1. The smallest absolute Gasteiger partial charge is 0.345 e. The molecule has 1 saturated carbocycles. The maximum atomic E-state index is 12.9. The molecule has 1 aliphatic heterocycles. The minimum atomic E-state index is -1.07. The largest absolute Gasteiger partial charge is 0.482 e.